The molecule has 0 aliphatic carbocycles. The summed E-state index contributed by atoms with van der Waals surface area (Å²) in [6.45, 7) is 14.0. The van der Waals surface area contributed by atoms with Crippen LogP contribution in [0.5, 0.6) is 11.5 Å². The molecule has 0 aromatic heterocycles. The summed E-state index contributed by atoms with van der Waals surface area (Å²) in [4.78, 5) is 23.4. The van der Waals surface area contributed by atoms with E-state index in [1.54, 1.807) is 24.3 Å². The highest BCUT2D eigenvalue weighted by Gasteiger charge is 2.27. The second-order valence-corrected chi connectivity index (χ2v) is 15.4. The van der Waals surface area contributed by atoms with E-state index in [4.69, 9.17) is 16.3 Å². The third-order valence-corrected chi connectivity index (χ3v) is 11.0. The van der Waals surface area contributed by atoms with E-state index in [2.05, 4.69) is 69.8 Å². The average Bonchev–Trinajstić information content (AvgIpc) is 3.07. The number of amides is 1. The first kappa shape index (κ1) is 37.5. The van der Waals surface area contributed by atoms with E-state index in [9.17, 15) is 28.4 Å². The predicted octanol–water partition coefficient (Wildman–Crippen LogP) is 8.87. The van der Waals surface area contributed by atoms with Crippen LogP contribution in [0.2, 0.25) is 5.02 Å². The van der Waals surface area contributed by atoms with Crippen LogP contribution in [0.25, 0.3) is 10.8 Å². The van der Waals surface area contributed by atoms with Crippen LogP contribution in [-0.2, 0) is 20.9 Å². The molecule has 0 unspecified atom stereocenters. The Kier molecular flexibility index (Phi) is 11.5. The SMILES string of the molecule is CCC(C)(C)c1ccc(OCCCCNC(=O)c2cc(NS(=O)(=O)c3ccc(Cl)c([N+](=O)[O-])c3)c3ccccc3c2O)c(C(C)(C)CC)c1. The van der Waals surface area contributed by atoms with Crippen molar-refractivity contribution in [1.82, 2.24) is 5.32 Å². The lowest BCUT2D eigenvalue weighted by Crippen LogP contribution is -2.25. The number of sulfonamides is 1. The van der Waals surface area contributed by atoms with Gasteiger partial charge in [-0.15, -0.1) is 0 Å². The van der Waals surface area contributed by atoms with Crippen LogP contribution in [0, 0.1) is 10.1 Å². The number of benzene rings is 4. The highest BCUT2D eigenvalue weighted by molar-refractivity contribution is 7.92. The molecule has 3 N–H and O–H groups in total. The number of ether oxygens (including phenoxy) is 1. The predicted molar refractivity (Wildman–Crippen MR) is 195 cm³/mol. The number of unbranched alkanes of at least 4 members (excludes halogenated alkanes) is 1. The summed E-state index contributed by atoms with van der Waals surface area (Å²) in [6, 6.07) is 17.3. The summed E-state index contributed by atoms with van der Waals surface area (Å²) >= 11 is 5.87. The van der Waals surface area contributed by atoms with Gasteiger partial charge in [-0.2, -0.15) is 0 Å². The van der Waals surface area contributed by atoms with Crippen molar-refractivity contribution in [2.75, 3.05) is 17.9 Å². The average molecular weight is 710 g/mol. The first-order valence-electron chi connectivity index (χ1n) is 16.3. The smallest absolute Gasteiger partial charge is 0.289 e. The third kappa shape index (κ3) is 8.45. The molecule has 0 atom stereocenters. The number of hydrogen-bond acceptors (Lipinski definition) is 7. The molecule has 0 fully saturated rings. The minimum Gasteiger partial charge on any atom is -0.506 e. The maximum atomic E-state index is 13.3. The Labute approximate surface area is 293 Å². The van der Waals surface area contributed by atoms with Crippen molar-refractivity contribution in [2.24, 2.45) is 0 Å². The number of nitrogens with zero attached hydrogens (tertiary/aromatic N) is 1. The molecule has 0 saturated heterocycles. The van der Waals surface area contributed by atoms with Crippen molar-refractivity contribution < 1.29 is 28.0 Å². The lowest BCUT2D eigenvalue weighted by atomic mass is 9.76. The van der Waals surface area contributed by atoms with E-state index in [0.29, 0.717) is 31.4 Å². The number of anilines is 1. The van der Waals surface area contributed by atoms with Gasteiger partial charge in [0.05, 0.1) is 27.7 Å². The molecule has 4 aromatic carbocycles. The minimum absolute atomic E-state index is 0.0173. The van der Waals surface area contributed by atoms with Crippen LogP contribution in [0.3, 0.4) is 0 Å². The maximum absolute atomic E-state index is 13.3. The van der Waals surface area contributed by atoms with Crippen molar-refractivity contribution in [1.29, 1.82) is 0 Å². The molecule has 0 aliphatic rings. The summed E-state index contributed by atoms with van der Waals surface area (Å²) in [6.07, 6.45) is 3.24. The topological polar surface area (TPSA) is 148 Å². The van der Waals surface area contributed by atoms with Crippen LogP contribution < -0.4 is 14.8 Å². The molecule has 0 saturated carbocycles. The van der Waals surface area contributed by atoms with Crippen molar-refractivity contribution in [3.05, 3.63) is 98.6 Å². The first-order valence-corrected chi connectivity index (χ1v) is 18.2. The summed E-state index contributed by atoms with van der Waals surface area (Å²) in [5, 5.41) is 25.5. The number of fused-ring (bicyclic) bond motifs is 1. The number of carbonyl (C=O) groups is 1. The Morgan fingerprint density at radius 3 is 2.27 bits per heavy atom. The first-order chi connectivity index (χ1) is 23.0. The van der Waals surface area contributed by atoms with Gasteiger partial charge in [0.15, 0.2) is 0 Å². The van der Waals surface area contributed by atoms with Crippen molar-refractivity contribution >= 4 is 49.7 Å². The number of carbonyl (C=O) groups excluding carboxylic acids is 1. The molecule has 0 heterocycles. The van der Waals surface area contributed by atoms with Gasteiger partial charge in [-0.05, 0) is 66.3 Å². The number of rotatable bonds is 15. The van der Waals surface area contributed by atoms with Crippen LogP contribution in [0.1, 0.15) is 88.7 Å². The van der Waals surface area contributed by atoms with Gasteiger partial charge < -0.3 is 15.2 Å². The zero-order chi connectivity index (χ0) is 36.1. The molecular formula is C37H44ClN3O7S. The van der Waals surface area contributed by atoms with E-state index < -0.39 is 26.5 Å². The second-order valence-electron chi connectivity index (χ2n) is 13.3. The molecule has 0 spiro atoms. The second kappa shape index (κ2) is 15.0. The molecule has 10 nitrogen and oxygen atoms in total. The maximum Gasteiger partial charge on any atom is 0.289 e. The van der Waals surface area contributed by atoms with Gasteiger partial charge in [0.25, 0.3) is 21.6 Å². The lowest BCUT2D eigenvalue weighted by Gasteiger charge is -2.30. The van der Waals surface area contributed by atoms with Crippen molar-refractivity contribution in [2.45, 2.75) is 83.0 Å². The Balaban J connectivity index is 1.46. The third-order valence-electron chi connectivity index (χ3n) is 9.30. The standard InChI is InChI=1S/C37H44ClN3O7S/c1-7-36(3,4)24-15-18-33(29(21-24)37(5,6)8-2)48-20-12-11-19-39-35(43)28-23-31(26-13-9-10-14-27(26)34(28)42)40-49(46,47)25-16-17-30(38)32(22-25)41(44)45/h9-10,13-18,21-23,40,42H,7-8,11-12,19-20H2,1-6H3,(H,39,43). The van der Waals surface area contributed by atoms with Crippen molar-refractivity contribution in [3.8, 4) is 11.5 Å². The van der Waals surface area contributed by atoms with Crippen LogP contribution in [-0.4, -0.2) is 37.5 Å². The molecule has 0 radical (unpaired) electrons. The number of phenolic OH excluding ortho intramolecular Hbond substituents is 1. The molecule has 0 bridgehead atoms. The quantitative estimate of drug-likeness (QED) is 0.0483. The number of aromatic hydroxyl groups is 1. The molecule has 49 heavy (non-hydrogen) atoms. The number of nitrogens with one attached hydrogen (secondary N) is 2. The van der Waals surface area contributed by atoms with Gasteiger partial charge in [0.2, 0.25) is 0 Å². The normalized spacial score (nSPS) is 12.1. The van der Waals surface area contributed by atoms with Crippen LogP contribution in [0.4, 0.5) is 11.4 Å². The Bertz CT molecular complexity index is 1980. The summed E-state index contributed by atoms with van der Waals surface area (Å²) in [7, 11) is -4.35. The zero-order valence-electron chi connectivity index (χ0n) is 28.7. The minimum atomic E-state index is -4.35. The largest absolute Gasteiger partial charge is 0.506 e. The molecular weight excluding hydrogens is 666 g/mol. The van der Waals surface area contributed by atoms with E-state index >= 15 is 0 Å². The lowest BCUT2D eigenvalue weighted by molar-refractivity contribution is -0.384. The zero-order valence-corrected chi connectivity index (χ0v) is 30.3. The Morgan fingerprint density at radius 1 is 0.939 bits per heavy atom. The van der Waals surface area contributed by atoms with E-state index in [-0.39, 0.29) is 43.1 Å². The van der Waals surface area contributed by atoms with Crippen LogP contribution >= 0.6 is 11.6 Å². The fourth-order valence-corrected chi connectivity index (χ4v) is 6.60. The van der Waals surface area contributed by atoms with Gasteiger partial charge in [-0.3, -0.25) is 19.6 Å². The molecule has 4 rings (SSSR count). The van der Waals surface area contributed by atoms with Crippen LogP contribution in [0.15, 0.2) is 71.6 Å². The number of halogens is 1. The summed E-state index contributed by atoms with van der Waals surface area (Å²) in [5.41, 5.74) is 1.77. The number of phenols is 1. The summed E-state index contributed by atoms with van der Waals surface area (Å²) in [5.74, 6) is -0.0362. The van der Waals surface area contributed by atoms with E-state index in [1.807, 2.05) is 0 Å². The molecule has 262 valence electrons. The van der Waals surface area contributed by atoms with E-state index in [1.165, 1.54) is 17.2 Å². The number of hydrogen-bond donors (Lipinski definition) is 3. The molecule has 4 aromatic rings. The molecule has 12 heteroatoms. The highest BCUT2D eigenvalue weighted by atomic mass is 35.5. The van der Waals surface area contributed by atoms with Gasteiger partial charge in [-0.25, -0.2) is 8.42 Å². The number of nitro groups is 1. The Hall–Kier alpha value is -4.35. The fraction of sp³-hybridized carbons (Fsp3) is 0.378. The van der Waals surface area contributed by atoms with Gasteiger partial charge in [-0.1, -0.05) is 89.5 Å². The summed E-state index contributed by atoms with van der Waals surface area (Å²) < 4.78 is 35.2. The van der Waals surface area contributed by atoms with Crippen molar-refractivity contribution in [3.63, 3.8) is 0 Å². The monoisotopic (exact) mass is 709 g/mol. The highest BCUT2D eigenvalue weighted by Crippen LogP contribution is 2.39. The molecule has 0 aliphatic heterocycles. The van der Waals surface area contributed by atoms with Gasteiger partial charge >= 0.3 is 0 Å². The Morgan fingerprint density at radius 2 is 1.61 bits per heavy atom. The van der Waals surface area contributed by atoms with Gasteiger partial charge in [0.1, 0.15) is 16.5 Å². The molecule has 1 amide bonds. The van der Waals surface area contributed by atoms with Gasteiger partial charge in [0, 0.05) is 28.9 Å². The number of nitro benzene ring substituents is 1. The van der Waals surface area contributed by atoms with E-state index in [0.717, 1.165) is 36.8 Å². The fourth-order valence-electron chi connectivity index (χ4n) is 5.33.